The number of carbonyl (C=O) groups is 1. The van der Waals surface area contributed by atoms with Crippen LogP contribution >= 0.6 is 0 Å². The molecule has 0 amide bonds. The zero-order valence-electron chi connectivity index (χ0n) is 10.0. The summed E-state index contributed by atoms with van der Waals surface area (Å²) in [4.78, 5) is 15.6. The zero-order chi connectivity index (χ0) is 11.4. The van der Waals surface area contributed by atoms with Crippen LogP contribution in [0.15, 0.2) is 0 Å². The molecular weight excluding hydrogens is 200 g/mol. The molecule has 0 N–H and O–H groups in total. The first-order valence-electron chi connectivity index (χ1n) is 6.50. The number of carbonyl (C=O) groups excluding carboxylic acids is 1. The van der Waals surface area contributed by atoms with E-state index in [0.29, 0.717) is 6.54 Å². The second-order valence-electron chi connectivity index (χ2n) is 5.07. The van der Waals surface area contributed by atoms with Gasteiger partial charge in [-0.1, -0.05) is 6.42 Å². The first-order valence-corrected chi connectivity index (χ1v) is 6.50. The maximum absolute atomic E-state index is 10.8. The van der Waals surface area contributed by atoms with Crippen molar-refractivity contribution >= 4 is 5.78 Å². The molecule has 0 saturated carbocycles. The summed E-state index contributed by atoms with van der Waals surface area (Å²) < 4.78 is 0. The highest BCUT2D eigenvalue weighted by Crippen LogP contribution is 2.20. The topological polar surface area (TPSA) is 23.6 Å². The average molecular weight is 222 g/mol. The number of nitrogens with zero attached hydrogens (tertiary/aromatic N) is 2. The van der Waals surface area contributed by atoms with E-state index in [1.165, 1.54) is 45.2 Å². The monoisotopic (exact) mass is 222 g/mol. The molecule has 2 fully saturated rings. The maximum atomic E-state index is 10.8. The Hall–Kier alpha value is -0.410. The van der Waals surface area contributed by atoms with E-state index in [9.17, 15) is 4.79 Å². The summed E-state index contributed by atoms with van der Waals surface area (Å²) in [5.74, 6) is -0.198. The van der Waals surface area contributed by atoms with E-state index in [1.807, 2.05) is 0 Å². The standard InChI is InChI=1S/C13H22N2O/c1-12(16)11-14-9-5-13(6-10-14)15-7-3-2-4-8-15/h1,13H,2-11H2. The number of piperidine rings is 2. The highest BCUT2D eigenvalue weighted by molar-refractivity contribution is 5.84. The lowest BCUT2D eigenvalue weighted by atomic mass is 10.00. The molecule has 90 valence electrons. The lowest BCUT2D eigenvalue weighted by Crippen LogP contribution is -2.47. The fourth-order valence-corrected chi connectivity index (χ4v) is 2.95. The van der Waals surface area contributed by atoms with Gasteiger partial charge >= 0.3 is 0 Å². The Labute approximate surface area is 98.8 Å². The highest BCUT2D eigenvalue weighted by atomic mass is 16.1. The van der Waals surface area contributed by atoms with Gasteiger partial charge in [0.2, 0.25) is 0 Å². The third kappa shape index (κ3) is 3.29. The average Bonchev–Trinajstić information content (AvgIpc) is 2.30. The van der Waals surface area contributed by atoms with Gasteiger partial charge in [0.05, 0.1) is 6.54 Å². The predicted octanol–water partition coefficient (Wildman–Crippen LogP) is 1.22. The molecule has 2 aliphatic heterocycles. The van der Waals surface area contributed by atoms with Gasteiger partial charge in [-0.15, -0.1) is 0 Å². The second-order valence-corrected chi connectivity index (χ2v) is 5.07. The molecule has 2 heterocycles. The molecule has 0 aromatic carbocycles. The van der Waals surface area contributed by atoms with Gasteiger partial charge < -0.3 is 4.90 Å². The van der Waals surface area contributed by atoms with Gasteiger partial charge in [0.1, 0.15) is 0 Å². The van der Waals surface area contributed by atoms with E-state index < -0.39 is 0 Å². The van der Waals surface area contributed by atoms with Crippen LogP contribution in [0.1, 0.15) is 32.1 Å². The van der Waals surface area contributed by atoms with Crippen LogP contribution in [0.25, 0.3) is 0 Å². The van der Waals surface area contributed by atoms with E-state index in [4.69, 9.17) is 6.92 Å². The molecule has 0 unspecified atom stereocenters. The molecular formula is C13H22N2O. The molecule has 2 rings (SSSR count). The smallest absolute Gasteiger partial charge is 0.151 e. The van der Waals surface area contributed by atoms with E-state index in [0.717, 1.165) is 19.1 Å². The van der Waals surface area contributed by atoms with Crippen LogP contribution in [0.3, 0.4) is 0 Å². The SMILES string of the molecule is [CH]C(=O)CN1CCC(N2CCCCC2)CC1. The minimum absolute atomic E-state index is 0.198. The Kier molecular flexibility index (Phi) is 4.36. The number of ketones is 1. The number of Topliss-reactive ketones (excluding diaryl/α,β-unsaturated/α-hetero) is 1. The minimum Gasteiger partial charge on any atom is -0.300 e. The van der Waals surface area contributed by atoms with Gasteiger partial charge in [-0.3, -0.25) is 9.69 Å². The van der Waals surface area contributed by atoms with Crippen LogP contribution in [0.2, 0.25) is 0 Å². The van der Waals surface area contributed by atoms with Gasteiger partial charge in [0.15, 0.2) is 5.78 Å². The Morgan fingerprint density at radius 1 is 1.06 bits per heavy atom. The minimum atomic E-state index is -0.198. The van der Waals surface area contributed by atoms with E-state index in [1.54, 1.807) is 0 Å². The van der Waals surface area contributed by atoms with Gasteiger partial charge in [-0.05, 0) is 38.8 Å². The van der Waals surface area contributed by atoms with Crippen LogP contribution in [0, 0.1) is 6.92 Å². The summed E-state index contributed by atoms with van der Waals surface area (Å²) in [6.07, 6.45) is 6.53. The molecule has 3 heteroatoms. The summed E-state index contributed by atoms with van der Waals surface area (Å²) in [5, 5.41) is 0. The van der Waals surface area contributed by atoms with Gasteiger partial charge in [-0.25, -0.2) is 0 Å². The predicted molar refractivity (Wildman–Crippen MR) is 64.2 cm³/mol. The number of hydrogen-bond donors (Lipinski definition) is 0. The second kappa shape index (κ2) is 5.78. The summed E-state index contributed by atoms with van der Waals surface area (Å²) in [6, 6.07) is 0.754. The third-order valence-electron chi connectivity index (χ3n) is 3.84. The summed E-state index contributed by atoms with van der Waals surface area (Å²) in [5.41, 5.74) is 0. The first kappa shape index (κ1) is 12.1. The Morgan fingerprint density at radius 2 is 1.69 bits per heavy atom. The summed E-state index contributed by atoms with van der Waals surface area (Å²) in [6.45, 7) is 10.3. The van der Waals surface area contributed by atoms with E-state index in [-0.39, 0.29) is 5.78 Å². The first-order chi connectivity index (χ1) is 7.75. The molecule has 2 saturated heterocycles. The molecule has 0 atom stereocenters. The molecule has 0 spiro atoms. The van der Waals surface area contributed by atoms with Crippen molar-refractivity contribution in [3.05, 3.63) is 6.92 Å². The van der Waals surface area contributed by atoms with Crippen molar-refractivity contribution < 1.29 is 4.79 Å². The fraction of sp³-hybridized carbons (Fsp3) is 0.846. The molecule has 0 aromatic heterocycles. The molecule has 2 aliphatic rings. The van der Waals surface area contributed by atoms with Gasteiger partial charge in [0, 0.05) is 26.1 Å². The van der Waals surface area contributed by atoms with Crippen LogP contribution in [0.5, 0.6) is 0 Å². The fourth-order valence-electron chi connectivity index (χ4n) is 2.95. The van der Waals surface area contributed by atoms with Crippen molar-refractivity contribution in [1.82, 2.24) is 9.80 Å². The van der Waals surface area contributed by atoms with Crippen molar-refractivity contribution in [3.63, 3.8) is 0 Å². The maximum Gasteiger partial charge on any atom is 0.151 e. The lowest BCUT2D eigenvalue weighted by Gasteiger charge is -2.40. The highest BCUT2D eigenvalue weighted by Gasteiger charge is 2.25. The Balaban J connectivity index is 1.73. The van der Waals surface area contributed by atoms with Crippen molar-refractivity contribution in [2.45, 2.75) is 38.1 Å². The molecule has 3 nitrogen and oxygen atoms in total. The van der Waals surface area contributed by atoms with Crippen LogP contribution in [-0.4, -0.2) is 54.3 Å². The number of likely N-dealkylation sites (tertiary alicyclic amines) is 2. The number of hydrogen-bond acceptors (Lipinski definition) is 3. The molecule has 16 heavy (non-hydrogen) atoms. The van der Waals surface area contributed by atoms with Gasteiger partial charge in [0.25, 0.3) is 0 Å². The third-order valence-corrected chi connectivity index (χ3v) is 3.84. The van der Waals surface area contributed by atoms with Crippen molar-refractivity contribution in [1.29, 1.82) is 0 Å². The largest absolute Gasteiger partial charge is 0.300 e. The summed E-state index contributed by atoms with van der Waals surface area (Å²) >= 11 is 0. The van der Waals surface area contributed by atoms with E-state index >= 15 is 0 Å². The van der Waals surface area contributed by atoms with Crippen LogP contribution in [0.4, 0.5) is 0 Å². The molecule has 0 bridgehead atoms. The Bertz CT molecular complexity index is 228. The zero-order valence-corrected chi connectivity index (χ0v) is 10.0. The van der Waals surface area contributed by atoms with Gasteiger partial charge in [-0.2, -0.15) is 0 Å². The van der Waals surface area contributed by atoms with E-state index in [2.05, 4.69) is 9.80 Å². The Morgan fingerprint density at radius 3 is 2.25 bits per heavy atom. The van der Waals surface area contributed by atoms with Crippen molar-refractivity contribution in [2.24, 2.45) is 0 Å². The quantitative estimate of drug-likeness (QED) is 0.717. The molecule has 0 aliphatic carbocycles. The lowest BCUT2D eigenvalue weighted by molar-refractivity contribution is -0.116. The normalized spacial score (nSPS) is 25.8. The molecule has 0 aromatic rings. The van der Waals surface area contributed by atoms with Crippen molar-refractivity contribution in [2.75, 3.05) is 32.7 Å². The van der Waals surface area contributed by atoms with Crippen LogP contribution in [-0.2, 0) is 4.79 Å². The molecule has 2 radical (unpaired) electrons. The number of rotatable bonds is 3. The van der Waals surface area contributed by atoms with Crippen molar-refractivity contribution in [3.8, 4) is 0 Å². The van der Waals surface area contributed by atoms with Crippen LogP contribution < -0.4 is 0 Å². The summed E-state index contributed by atoms with van der Waals surface area (Å²) in [7, 11) is 0.